The zero-order valence-corrected chi connectivity index (χ0v) is 10.9. The van der Waals surface area contributed by atoms with Gasteiger partial charge in [0.25, 0.3) is 0 Å². The number of rotatable bonds is 4. The smallest absolute Gasteiger partial charge is 0.131 e. The first kappa shape index (κ1) is 13.7. The quantitative estimate of drug-likeness (QED) is 0.890. The largest absolute Gasteiger partial charge is 0.321 e. The van der Waals surface area contributed by atoms with E-state index in [1.165, 1.54) is 18.2 Å². The van der Waals surface area contributed by atoms with Crippen molar-refractivity contribution in [3.63, 3.8) is 0 Å². The molecule has 100 valence electrons. The summed E-state index contributed by atoms with van der Waals surface area (Å²) in [6.07, 6.45) is 0.863. The molecule has 19 heavy (non-hydrogen) atoms. The van der Waals surface area contributed by atoms with E-state index in [0.29, 0.717) is 12.8 Å². The van der Waals surface area contributed by atoms with Gasteiger partial charge in [0, 0.05) is 5.56 Å². The molecule has 3 heteroatoms. The summed E-state index contributed by atoms with van der Waals surface area (Å²) in [5.41, 5.74) is 6.18. The van der Waals surface area contributed by atoms with Crippen molar-refractivity contribution in [2.24, 2.45) is 5.73 Å². The van der Waals surface area contributed by atoms with Crippen LogP contribution in [0.3, 0.4) is 0 Å². The Bertz CT molecular complexity index is 534. The summed E-state index contributed by atoms with van der Waals surface area (Å²) in [5.74, 6) is -1.17. The minimum atomic E-state index is -1.03. The molecule has 0 radical (unpaired) electrons. The Morgan fingerprint density at radius 2 is 1.53 bits per heavy atom. The third-order valence-corrected chi connectivity index (χ3v) is 3.45. The Kier molecular flexibility index (Phi) is 3.96. The van der Waals surface area contributed by atoms with Crippen LogP contribution in [0.25, 0.3) is 0 Å². The monoisotopic (exact) mass is 261 g/mol. The summed E-state index contributed by atoms with van der Waals surface area (Å²) in [5, 5.41) is 0. The molecule has 1 atom stereocenters. The van der Waals surface area contributed by atoms with Crippen LogP contribution in [0.2, 0.25) is 0 Å². The molecule has 0 bridgehead atoms. The predicted octanol–water partition coefficient (Wildman–Crippen LogP) is 3.77. The molecule has 0 amide bonds. The molecular weight excluding hydrogens is 244 g/mol. The van der Waals surface area contributed by atoms with Crippen LogP contribution in [0.1, 0.15) is 24.5 Å². The zero-order chi connectivity index (χ0) is 13.9. The number of nitrogens with two attached hydrogens (primary N) is 1. The molecule has 0 aliphatic heterocycles. The first-order chi connectivity index (χ1) is 9.07. The summed E-state index contributed by atoms with van der Waals surface area (Å²) < 4.78 is 27.8. The van der Waals surface area contributed by atoms with E-state index >= 15 is 0 Å². The Labute approximate surface area is 112 Å². The van der Waals surface area contributed by atoms with Gasteiger partial charge in [0.15, 0.2) is 0 Å². The second-order valence-electron chi connectivity index (χ2n) is 4.77. The van der Waals surface area contributed by atoms with Crippen LogP contribution in [0.4, 0.5) is 8.78 Å². The summed E-state index contributed by atoms with van der Waals surface area (Å²) >= 11 is 0. The van der Waals surface area contributed by atoms with Crippen LogP contribution in [-0.4, -0.2) is 0 Å². The van der Waals surface area contributed by atoms with E-state index < -0.39 is 17.2 Å². The first-order valence-corrected chi connectivity index (χ1v) is 6.34. The second kappa shape index (κ2) is 5.49. The Hall–Kier alpha value is -1.74. The van der Waals surface area contributed by atoms with E-state index in [2.05, 4.69) is 0 Å². The van der Waals surface area contributed by atoms with Crippen molar-refractivity contribution >= 4 is 0 Å². The third-order valence-electron chi connectivity index (χ3n) is 3.45. The summed E-state index contributed by atoms with van der Waals surface area (Å²) in [7, 11) is 0. The highest BCUT2D eigenvalue weighted by molar-refractivity contribution is 5.31. The molecule has 0 saturated carbocycles. The van der Waals surface area contributed by atoms with Crippen molar-refractivity contribution in [2.45, 2.75) is 25.3 Å². The van der Waals surface area contributed by atoms with Crippen LogP contribution >= 0.6 is 0 Å². The number of halogens is 2. The fourth-order valence-electron chi connectivity index (χ4n) is 2.32. The van der Waals surface area contributed by atoms with E-state index in [0.717, 1.165) is 5.56 Å². The zero-order valence-electron chi connectivity index (χ0n) is 10.9. The van der Waals surface area contributed by atoms with Crippen LogP contribution < -0.4 is 5.73 Å². The average molecular weight is 261 g/mol. The van der Waals surface area contributed by atoms with Crippen molar-refractivity contribution < 1.29 is 8.78 Å². The third kappa shape index (κ3) is 2.82. The SMILES string of the molecule is CCC(N)(Cc1ccccc1)c1c(F)cccc1F. The molecule has 2 aromatic rings. The van der Waals surface area contributed by atoms with E-state index in [1.54, 1.807) is 0 Å². The van der Waals surface area contributed by atoms with Crippen LogP contribution in [0.15, 0.2) is 48.5 Å². The van der Waals surface area contributed by atoms with Crippen molar-refractivity contribution in [2.75, 3.05) is 0 Å². The van der Waals surface area contributed by atoms with Crippen molar-refractivity contribution in [1.82, 2.24) is 0 Å². The topological polar surface area (TPSA) is 26.0 Å². The molecule has 0 aromatic heterocycles. The summed E-state index contributed by atoms with van der Waals surface area (Å²) in [6, 6.07) is 13.4. The van der Waals surface area contributed by atoms with Gasteiger partial charge in [-0.3, -0.25) is 0 Å². The lowest BCUT2D eigenvalue weighted by molar-refractivity contribution is 0.380. The van der Waals surface area contributed by atoms with Gasteiger partial charge in [0.05, 0.1) is 5.54 Å². The maximum atomic E-state index is 13.9. The number of benzene rings is 2. The van der Waals surface area contributed by atoms with E-state index in [-0.39, 0.29) is 5.56 Å². The minimum absolute atomic E-state index is 0.0265. The lowest BCUT2D eigenvalue weighted by Crippen LogP contribution is -2.40. The lowest BCUT2D eigenvalue weighted by Gasteiger charge is -2.29. The van der Waals surface area contributed by atoms with E-state index in [1.807, 2.05) is 37.3 Å². The van der Waals surface area contributed by atoms with Gasteiger partial charge in [-0.05, 0) is 30.5 Å². The first-order valence-electron chi connectivity index (χ1n) is 6.34. The molecule has 2 rings (SSSR count). The fourth-order valence-corrected chi connectivity index (χ4v) is 2.32. The molecule has 2 N–H and O–H groups in total. The Morgan fingerprint density at radius 1 is 0.947 bits per heavy atom. The van der Waals surface area contributed by atoms with Crippen LogP contribution in [-0.2, 0) is 12.0 Å². The van der Waals surface area contributed by atoms with Crippen LogP contribution in [0, 0.1) is 11.6 Å². The van der Waals surface area contributed by atoms with Gasteiger partial charge in [-0.25, -0.2) is 8.78 Å². The van der Waals surface area contributed by atoms with E-state index in [4.69, 9.17) is 5.73 Å². The van der Waals surface area contributed by atoms with Gasteiger partial charge >= 0.3 is 0 Å². The van der Waals surface area contributed by atoms with E-state index in [9.17, 15) is 8.78 Å². The maximum absolute atomic E-state index is 13.9. The highest BCUT2D eigenvalue weighted by atomic mass is 19.1. The van der Waals surface area contributed by atoms with Crippen LogP contribution in [0.5, 0.6) is 0 Å². The molecule has 1 nitrogen and oxygen atoms in total. The van der Waals surface area contributed by atoms with Crippen molar-refractivity contribution in [1.29, 1.82) is 0 Å². The van der Waals surface area contributed by atoms with Gasteiger partial charge in [-0.2, -0.15) is 0 Å². The molecule has 0 aliphatic rings. The highest BCUT2D eigenvalue weighted by Gasteiger charge is 2.31. The fraction of sp³-hybridized carbons (Fsp3) is 0.250. The average Bonchev–Trinajstić information content (AvgIpc) is 2.39. The maximum Gasteiger partial charge on any atom is 0.131 e. The van der Waals surface area contributed by atoms with Gasteiger partial charge in [-0.15, -0.1) is 0 Å². The Morgan fingerprint density at radius 3 is 2.05 bits per heavy atom. The molecule has 0 heterocycles. The molecule has 0 spiro atoms. The lowest BCUT2D eigenvalue weighted by atomic mass is 9.82. The second-order valence-corrected chi connectivity index (χ2v) is 4.77. The normalized spacial score (nSPS) is 14.1. The number of hydrogen-bond donors (Lipinski definition) is 1. The summed E-state index contributed by atoms with van der Waals surface area (Å²) in [6.45, 7) is 1.84. The molecule has 0 aliphatic carbocycles. The molecule has 0 saturated heterocycles. The molecule has 2 aromatic carbocycles. The van der Waals surface area contributed by atoms with Crippen molar-refractivity contribution in [3.8, 4) is 0 Å². The standard InChI is InChI=1S/C16H17F2N/c1-2-16(19,11-12-7-4-3-5-8-12)15-13(17)9-6-10-14(15)18/h3-10H,2,11,19H2,1H3. The van der Waals surface area contributed by atoms with Gasteiger partial charge in [0.2, 0.25) is 0 Å². The highest BCUT2D eigenvalue weighted by Crippen LogP contribution is 2.30. The van der Waals surface area contributed by atoms with Gasteiger partial charge < -0.3 is 5.73 Å². The predicted molar refractivity (Wildman–Crippen MR) is 72.7 cm³/mol. The molecular formula is C16H17F2N. The summed E-state index contributed by atoms with van der Waals surface area (Å²) in [4.78, 5) is 0. The van der Waals surface area contributed by atoms with Gasteiger partial charge in [0.1, 0.15) is 11.6 Å². The van der Waals surface area contributed by atoms with Gasteiger partial charge in [-0.1, -0.05) is 43.3 Å². The minimum Gasteiger partial charge on any atom is -0.321 e. The number of hydrogen-bond acceptors (Lipinski definition) is 1. The molecule has 0 fully saturated rings. The molecule has 1 unspecified atom stereocenters. The van der Waals surface area contributed by atoms with Crippen molar-refractivity contribution in [3.05, 3.63) is 71.3 Å². The Balaban J connectivity index is 2.43.